The van der Waals surface area contributed by atoms with E-state index in [9.17, 15) is 9.59 Å². The number of hydrogen-bond donors (Lipinski definition) is 0. The van der Waals surface area contributed by atoms with Gasteiger partial charge in [0.15, 0.2) is 0 Å². The summed E-state index contributed by atoms with van der Waals surface area (Å²) in [4.78, 5) is 29.2. The van der Waals surface area contributed by atoms with Crippen molar-refractivity contribution in [3.8, 4) is 0 Å². The molecule has 1 fully saturated rings. The molecule has 1 aromatic rings. The highest BCUT2D eigenvalue weighted by atomic mass is 35.5. The van der Waals surface area contributed by atoms with Crippen molar-refractivity contribution in [1.82, 2.24) is 9.88 Å². The Balaban J connectivity index is 2.01. The van der Waals surface area contributed by atoms with E-state index in [0.29, 0.717) is 31.5 Å². The number of carbonyl (C=O) groups excluding carboxylic acids is 2. The van der Waals surface area contributed by atoms with E-state index in [1.54, 1.807) is 4.90 Å². The fraction of sp³-hybridized carbons (Fsp3) is 0.462. The minimum Gasteiger partial charge on any atom is -0.469 e. The molecule has 0 atom stereocenters. The number of ether oxygens (including phenoxy) is 1. The van der Waals surface area contributed by atoms with Gasteiger partial charge in [0.2, 0.25) is 0 Å². The van der Waals surface area contributed by atoms with Gasteiger partial charge in [0.05, 0.1) is 23.6 Å². The molecule has 1 aliphatic heterocycles. The van der Waals surface area contributed by atoms with E-state index in [2.05, 4.69) is 4.98 Å². The summed E-state index contributed by atoms with van der Waals surface area (Å²) in [5.74, 6) is -0.497. The molecule has 0 radical (unpaired) electrons. The molecule has 1 amide bonds. The van der Waals surface area contributed by atoms with Gasteiger partial charge in [-0.3, -0.25) is 9.59 Å². The monoisotopic (exact) mass is 316 g/mol. The van der Waals surface area contributed by atoms with Crippen LogP contribution in [0.4, 0.5) is 0 Å². The molecule has 1 saturated heterocycles. The highest BCUT2D eigenvalue weighted by Crippen LogP contribution is 2.23. The summed E-state index contributed by atoms with van der Waals surface area (Å²) < 4.78 is 4.71. The van der Waals surface area contributed by atoms with Gasteiger partial charge >= 0.3 is 5.97 Å². The van der Waals surface area contributed by atoms with E-state index >= 15 is 0 Å². The summed E-state index contributed by atoms with van der Waals surface area (Å²) in [7, 11) is 1.38. The first kappa shape index (κ1) is 15.1. The van der Waals surface area contributed by atoms with Crippen LogP contribution in [0.2, 0.25) is 10.2 Å². The Bertz CT molecular complexity index is 528. The Morgan fingerprint density at radius 2 is 2.00 bits per heavy atom. The van der Waals surface area contributed by atoms with Crippen molar-refractivity contribution in [1.29, 1.82) is 0 Å². The van der Waals surface area contributed by atoms with Crippen molar-refractivity contribution in [3.05, 3.63) is 28.0 Å². The number of halogens is 2. The summed E-state index contributed by atoms with van der Waals surface area (Å²) in [6, 6.07) is 1.51. The SMILES string of the molecule is COC(=O)C1CCN(C(=O)c2cnc(Cl)c(Cl)c2)CC1. The Hall–Kier alpha value is -1.33. The van der Waals surface area contributed by atoms with E-state index < -0.39 is 0 Å². The van der Waals surface area contributed by atoms with E-state index in [0.717, 1.165) is 0 Å². The number of amides is 1. The fourth-order valence-corrected chi connectivity index (χ4v) is 2.48. The van der Waals surface area contributed by atoms with E-state index in [1.807, 2.05) is 0 Å². The van der Waals surface area contributed by atoms with Crippen LogP contribution in [-0.4, -0.2) is 42.0 Å². The van der Waals surface area contributed by atoms with Crippen LogP contribution in [0.1, 0.15) is 23.2 Å². The molecule has 0 aliphatic carbocycles. The maximum absolute atomic E-state index is 12.3. The van der Waals surface area contributed by atoms with Crippen LogP contribution in [0.25, 0.3) is 0 Å². The van der Waals surface area contributed by atoms with Crippen molar-refractivity contribution < 1.29 is 14.3 Å². The van der Waals surface area contributed by atoms with Crippen LogP contribution in [-0.2, 0) is 9.53 Å². The molecule has 0 N–H and O–H groups in total. The number of nitrogens with zero attached hydrogens (tertiary/aromatic N) is 2. The van der Waals surface area contributed by atoms with Crippen LogP contribution in [0.5, 0.6) is 0 Å². The zero-order valence-electron chi connectivity index (χ0n) is 10.9. The van der Waals surface area contributed by atoms with Crippen LogP contribution in [0.15, 0.2) is 12.3 Å². The standard InChI is InChI=1S/C13H14Cl2N2O3/c1-20-13(19)8-2-4-17(5-3-8)12(18)9-6-10(14)11(15)16-7-9/h6-8H,2-5H2,1H3. The van der Waals surface area contributed by atoms with Gasteiger partial charge in [0.25, 0.3) is 5.91 Å². The largest absolute Gasteiger partial charge is 0.469 e. The first-order valence-corrected chi connectivity index (χ1v) is 6.96. The molecule has 0 aromatic carbocycles. The van der Waals surface area contributed by atoms with Gasteiger partial charge in [-0.15, -0.1) is 0 Å². The molecule has 0 bridgehead atoms. The van der Waals surface area contributed by atoms with Gasteiger partial charge in [0.1, 0.15) is 5.15 Å². The highest BCUT2D eigenvalue weighted by molar-refractivity contribution is 6.41. The summed E-state index contributed by atoms with van der Waals surface area (Å²) in [5, 5.41) is 0.426. The van der Waals surface area contributed by atoms with E-state index in [-0.39, 0.29) is 28.0 Å². The molecule has 0 saturated carbocycles. The fourth-order valence-electron chi connectivity index (χ4n) is 2.21. The number of piperidine rings is 1. The minimum atomic E-state index is -0.215. The quantitative estimate of drug-likeness (QED) is 0.621. The summed E-state index contributed by atoms with van der Waals surface area (Å²) in [6.45, 7) is 1.03. The molecular weight excluding hydrogens is 303 g/mol. The Kier molecular flexibility index (Phi) is 4.83. The number of carbonyl (C=O) groups is 2. The lowest BCUT2D eigenvalue weighted by molar-refractivity contribution is -0.146. The average molecular weight is 317 g/mol. The maximum Gasteiger partial charge on any atom is 0.308 e. The van der Waals surface area contributed by atoms with Gasteiger partial charge in [-0.2, -0.15) is 0 Å². The number of hydrogen-bond acceptors (Lipinski definition) is 4. The molecule has 20 heavy (non-hydrogen) atoms. The molecule has 7 heteroatoms. The van der Waals surface area contributed by atoms with Crippen molar-refractivity contribution in [2.24, 2.45) is 5.92 Å². The Morgan fingerprint density at radius 3 is 2.55 bits per heavy atom. The number of rotatable bonds is 2. The third kappa shape index (κ3) is 3.22. The lowest BCUT2D eigenvalue weighted by Crippen LogP contribution is -2.40. The predicted octanol–water partition coefficient (Wildman–Crippen LogP) is 2.41. The summed E-state index contributed by atoms with van der Waals surface area (Å²) >= 11 is 11.6. The van der Waals surface area contributed by atoms with Crippen molar-refractivity contribution in [2.45, 2.75) is 12.8 Å². The molecule has 2 heterocycles. The minimum absolute atomic E-state index is 0.129. The number of pyridine rings is 1. The lowest BCUT2D eigenvalue weighted by atomic mass is 9.96. The molecule has 1 aromatic heterocycles. The van der Waals surface area contributed by atoms with Gasteiger partial charge < -0.3 is 9.64 Å². The third-order valence-corrected chi connectivity index (χ3v) is 4.05. The molecule has 5 nitrogen and oxygen atoms in total. The topological polar surface area (TPSA) is 59.5 Å². The maximum atomic E-state index is 12.3. The first-order chi connectivity index (χ1) is 9.52. The van der Waals surface area contributed by atoms with Crippen LogP contribution in [0.3, 0.4) is 0 Å². The molecular formula is C13H14Cl2N2O3. The predicted molar refractivity (Wildman–Crippen MR) is 74.9 cm³/mol. The molecule has 2 rings (SSSR count). The molecule has 0 unspecified atom stereocenters. The molecule has 0 spiro atoms. The number of esters is 1. The first-order valence-electron chi connectivity index (χ1n) is 6.21. The normalized spacial score (nSPS) is 16.1. The van der Waals surface area contributed by atoms with E-state index in [4.69, 9.17) is 27.9 Å². The van der Waals surface area contributed by atoms with Crippen LogP contribution >= 0.6 is 23.2 Å². The third-order valence-electron chi connectivity index (χ3n) is 3.36. The van der Waals surface area contributed by atoms with Crippen molar-refractivity contribution in [3.63, 3.8) is 0 Å². The van der Waals surface area contributed by atoms with Gasteiger partial charge in [-0.1, -0.05) is 23.2 Å². The number of aromatic nitrogens is 1. The second kappa shape index (κ2) is 6.41. The number of methoxy groups -OCH3 is 1. The molecule has 108 valence electrons. The lowest BCUT2D eigenvalue weighted by Gasteiger charge is -2.30. The Labute approximate surface area is 126 Å². The van der Waals surface area contributed by atoms with Gasteiger partial charge in [-0.25, -0.2) is 4.98 Å². The zero-order valence-corrected chi connectivity index (χ0v) is 12.4. The van der Waals surface area contributed by atoms with Crippen LogP contribution < -0.4 is 0 Å². The van der Waals surface area contributed by atoms with Crippen LogP contribution in [0, 0.1) is 5.92 Å². The smallest absolute Gasteiger partial charge is 0.308 e. The summed E-state index contributed by atoms with van der Waals surface area (Å²) in [6.07, 6.45) is 2.61. The average Bonchev–Trinajstić information content (AvgIpc) is 2.48. The van der Waals surface area contributed by atoms with E-state index in [1.165, 1.54) is 19.4 Å². The summed E-state index contributed by atoms with van der Waals surface area (Å²) in [5.41, 5.74) is 0.399. The number of likely N-dealkylation sites (tertiary alicyclic amines) is 1. The zero-order chi connectivity index (χ0) is 14.7. The van der Waals surface area contributed by atoms with Crippen molar-refractivity contribution in [2.75, 3.05) is 20.2 Å². The molecule has 1 aliphatic rings. The second-order valence-corrected chi connectivity index (χ2v) is 5.35. The highest BCUT2D eigenvalue weighted by Gasteiger charge is 2.28. The Morgan fingerprint density at radius 1 is 1.35 bits per heavy atom. The van der Waals surface area contributed by atoms with Crippen molar-refractivity contribution >= 4 is 35.1 Å². The van der Waals surface area contributed by atoms with Gasteiger partial charge in [0, 0.05) is 19.3 Å². The van der Waals surface area contributed by atoms with Gasteiger partial charge in [-0.05, 0) is 18.9 Å². The second-order valence-electron chi connectivity index (χ2n) is 4.59.